The molecule has 32 heavy (non-hydrogen) atoms. The number of carbonyl (C=O) groups is 2. The summed E-state index contributed by atoms with van der Waals surface area (Å²) in [6, 6.07) is 7.34. The Hall–Kier alpha value is -2.24. The fourth-order valence-electron chi connectivity index (χ4n) is 2.96. The van der Waals surface area contributed by atoms with Crippen LogP contribution in [0, 0.1) is 6.92 Å². The third kappa shape index (κ3) is 5.57. The number of aromatic nitrogens is 1. The number of amides is 1. The molecule has 1 aromatic heterocycles. The lowest BCUT2D eigenvalue weighted by atomic mass is 10.2. The smallest absolute Gasteiger partial charge is 0.359 e. The average Bonchev–Trinajstić information content (AvgIpc) is 2.77. The molecule has 12 heteroatoms. The minimum Gasteiger partial charge on any atom is -0.448 e. The van der Waals surface area contributed by atoms with Crippen molar-refractivity contribution in [1.82, 2.24) is 9.29 Å². The molecule has 0 spiro atoms. The van der Waals surface area contributed by atoms with Gasteiger partial charge >= 0.3 is 5.97 Å². The Kier molecular flexibility index (Phi) is 7.73. The van der Waals surface area contributed by atoms with Crippen molar-refractivity contribution in [3.05, 3.63) is 51.8 Å². The number of aryl methyl sites for hydroxylation is 1. The Morgan fingerprint density at radius 3 is 2.56 bits per heavy atom. The number of halogens is 2. The maximum atomic E-state index is 13.0. The van der Waals surface area contributed by atoms with Crippen molar-refractivity contribution in [1.29, 1.82) is 0 Å². The van der Waals surface area contributed by atoms with Gasteiger partial charge in [0.2, 0.25) is 10.0 Å². The van der Waals surface area contributed by atoms with Crippen molar-refractivity contribution < 1.29 is 27.5 Å². The number of morpholine rings is 1. The number of ether oxygens (including phenoxy) is 2. The monoisotopic (exact) mass is 501 g/mol. The van der Waals surface area contributed by atoms with Crippen LogP contribution in [0.1, 0.15) is 23.0 Å². The van der Waals surface area contributed by atoms with Crippen LogP contribution < -0.4 is 5.32 Å². The van der Waals surface area contributed by atoms with Crippen molar-refractivity contribution in [3.63, 3.8) is 0 Å². The first kappa shape index (κ1) is 24.4. The Morgan fingerprint density at radius 2 is 1.88 bits per heavy atom. The lowest BCUT2D eigenvalue weighted by molar-refractivity contribution is -0.123. The molecule has 1 N–H and O–H groups in total. The first-order valence-electron chi connectivity index (χ1n) is 9.62. The number of nitrogens with zero attached hydrogens (tertiary/aromatic N) is 2. The van der Waals surface area contributed by atoms with Crippen LogP contribution in [0.25, 0.3) is 0 Å². The van der Waals surface area contributed by atoms with Crippen LogP contribution in [0.4, 0.5) is 5.69 Å². The van der Waals surface area contributed by atoms with Crippen LogP contribution >= 0.6 is 23.2 Å². The van der Waals surface area contributed by atoms with E-state index in [1.54, 1.807) is 19.1 Å². The standard InChI is InChI=1S/C20H21Cl2N3O6S/c1-12-3-4-14(11-16(12)32(28,29)25-7-9-30-10-8-25)23-19(26)13(2)31-20(27)18-15(21)5-6-17(22)24-18/h3-6,11,13H,7-10H2,1-2H3,(H,23,26)/t13-/m0/s1. The summed E-state index contributed by atoms with van der Waals surface area (Å²) in [4.78, 5) is 28.7. The Balaban J connectivity index is 1.72. The predicted octanol–water partition coefficient (Wildman–Crippen LogP) is 2.90. The quantitative estimate of drug-likeness (QED) is 0.477. The van der Waals surface area contributed by atoms with Gasteiger partial charge < -0.3 is 14.8 Å². The van der Waals surface area contributed by atoms with E-state index in [0.717, 1.165) is 0 Å². The molecule has 0 radical (unpaired) electrons. The van der Waals surface area contributed by atoms with Gasteiger partial charge in [-0.3, -0.25) is 4.79 Å². The minimum atomic E-state index is -3.75. The van der Waals surface area contributed by atoms with Crippen molar-refractivity contribution in [2.45, 2.75) is 24.8 Å². The van der Waals surface area contributed by atoms with E-state index in [2.05, 4.69) is 10.3 Å². The molecule has 1 atom stereocenters. The zero-order chi connectivity index (χ0) is 23.5. The van der Waals surface area contributed by atoms with Crippen LogP contribution in [0.5, 0.6) is 0 Å². The maximum absolute atomic E-state index is 13.0. The van der Waals surface area contributed by atoms with E-state index < -0.39 is 28.0 Å². The van der Waals surface area contributed by atoms with Crippen LogP contribution in [0.15, 0.2) is 35.2 Å². The molecule has 2 aromatic rings. The van der Waals surface area contributed by atoms with Gasteiger partial charge in [-0.2, -0.15) is 4.31 Å². The molecule has 0 saturated carbocycles. The summed E-state index contributed by atoms with van der Waals surface area (Å²) in [5.74, 6) is -1.57. The highest BCUT2D eigenvalue weighted by Crippen LogP contribution is 2.25. The molecule has 3 rings (SSSR count). The average molecular weight is 502 g/mol. The Morgan fingerprint density at radius 1 is 1.19 bits per heavy atom. The molecule has 1 fully saturated rings. The van der Waals surface area contributed by atoms with E-state index in [0.29, 0.717) is 18.8 Å². The predicted molar refractivity (Wildman–Crippen MR) is 119 cm³/mol. The van der Waals surface area contributed by atoms with Gasteiger partial charge in [0, 0.05) is 18.8 Å². The molecule has 0 bridgehead atoms. The van der Waals surface area contributed by atoms with E-state index in [1.807, 2.05) is 0 Å². The second kappa shape index (κ2) is 10.1. The van der Waals surface area contributed by atoms with E-state index in [9.17, 15) is 18.0 Å². The van der Waals surface area contributed by atoms with Gasteiger partial charge in [-0.05, 0) is 43.7 Å². The highest BCUT2D eigenvalue weighted by Gasteiger charge is 2.28. The summed E-state index contributed by atoms with van der Waals surface area (Å²) in [5, 5.41) is 2.64. The molecule has 1 aromatic carbocycles. The summed E-state index contributed by atoms with van der Waals surface area (Å²) in [7, 11) is -3.75. The van der Waals surface area contributed by atoms with E-state index in [1.165, 1.54) is 29.4 Å². The number of esters is 1. The van der Waals surface area contributed by atoms with E-state index in [4.69, 9.17) is 32.7 Å². The minimum absolute atomic E-state index is 0.0310. The summed E-state index contributed by atoms with van der Waals surface area (Å²) in [5.41, 5.74) is 0.568. The fraction of sp³-hybridized carbons (Fsp3) is 0.350. The van der Waals surface area contributed by atoms with Gasteiger partial charge in [0.1, 0.15) is 5.15 Å². The second-order valence-electron chi connectivity index (χ2n) is 7.00. The molecule has 2 heterocycles. The first-order chi connectivity index (χ1) is 15.1. The second-order valence-corrected chi connectivity index (χ2v) is 9.70. The zero-order valence-electron chi connectivity index (χ0n) is 17.3. The Labute approximate surface area is 195 Å². The largest absolute Gasteiger partial charge is 0.448 e. The molecule has 0 unspecified atom stereocenters. The number of hydrogen-bond donors (Lipinski definition) is 1. The zero-order valence-corrected chi connectivity index (χ0v) is 19.6. The number of sulfonamides is 1. The van der Waals surface area contributed by atoms with Crippen LogP contribution in [-0.4, -0.2) is 62.0 Å². The summed E-state index contributed by atoms with van der Waals surface area (Å²) < 4.78 is 37.7. The molecular weight excluding hydrogens is 481 g/mol. The SMILES string of the molecule is Cc1ccc(NC(=O)[C@H](C)OC(=O)c2nc(Cl)ccc2Cl)cc1S(=O)(=O)N1CCOCC1. The van der Waals surface area contributed by atoms with Crippen molar-refractivity contribution in [2.24, 2.45) is 0 Å². The fourth-order valence-corrected chi connectivity index (χ4v) is 4.95. The third-order valence-electron chi connectivity index (χ3n) is 4.70. The summed E-state index contributed by atoms with van der Waals surface area (Å²) >= 11 is 11.7. The molecule has 1 amide bonds. The number of nitrogens with one attached hydrogen (secondary N) is 1. The Bertz CT molecular complexity index is 1140. The molecule has 0 aliphatic carbocycles. The first-order valence-corrected chi connectivity index (χ1v) is 11.8. The van der Waals surface area contributed by atoms with Crippen LogP contribution in [0.2, 0.25) is 10.2 Å². The summed E-state index contributed by atoms with van der Waals surface area (Å²) in [6.07, 6.45) is -1.21. The highest BCUT2D eigenvalue weighted by molar-refractivity contribution is 7.89. The maximum Gasteiger partial charge on any atom is 0.359 e. The molecule has 1 aliphatic heterocycles. The topological polar surface area (TPSA) is 115 Å². The number of rotatable bonds is 6. The van der Waals surface area contributed by atoms with Gasteiger partial charge in [0.05, 0.1) is 23.1 Å². The molecule has 1 aliphatic rings. The van der Waals surface area contributed by atoms with Gasteiger partial charge in [-0.1, -0.05) is 29.3 Å². The molecule has 1 saturated heterocycles. The highest BCUT2D eigenvalue weighted by atomic mass is 35.5. The van der Waals surface area contributed by atoms with E-state index in [-0.39, 0.29) is 39.5 Å². The molecule has 172 valence electrons. The van der Waals surface area contributed by atoms with E-state index >= 15 is 0 Å². The molecule has 9 nitrogen and oxygen atoms in total. The van der Waals surface area contributed by atoms with Crippen molar-refractivity contribution >= 4 is 50.8 Å². The van der Waals surface area contributed by atoms with Crippen molar-refractivity contribution in [3.8, 4) is 0 Å². The number of carbonyl (C=O) groups excluding carboxylic acids is 2. The number of anilines is 1. The lowest BCUT2D eigenvalue weighted by Crippen LogP contribution is -2.40. The van der Waals surface area contributed by atoms with Gasteiger partial charge in [0.25, 0.3) is 5.91 Å². The molecular formula is C20H21Cl2N3O6S. The van der Waals surface area contributed by atoms with Gasteiger partial charge in [-0.25, -0.2) is 18.2 Å². The van der Waals surface area contributed by atoms with Crippen LogP contribution in [0.3, 0.4) is 0 Å². The third-order valence-corrected chi connectivity index (χ3v) is 7.26. The number of benzene rings is 1. The normalized spacial score (nSPS) is 15.8. The number of hydrogen-bond acceptors (Lipinski definition) is 7. The lowest BCUT2D eigenvalue weighted by Gasteiger charge is -2.27. The van der Waals surface area contributed by atoms with Gasteiger partial charge in [0.15, 0.2) is 11.8 Å². The number of pyridine rings is 1. The van der Waals surface area contributed by atoms with Crippen molar-refractivity contribution in [2.75, 3.05) is 31.6 Å². The van der Waals surface area contributed by atoms with Crippen LogP contribution in [-0.2, 0) is 24.3 Å². The van der Waals surface area contributed by atoms with Gasteiger partial charge in [-0.15, -0.1) is 0 Å². The summed E-state index contributed by atoms with van der Waals surface area (Å²) in [6.45, 7) is 4.19.